The van der Waals surface area contributed by atoms with Crippen molar-refractivity contribution in [1.29, 1.82) is 0 Å². The standard InChI is InChI=1S/C10H21O/c1-5-6-8-11-9-7-10(2,3)4/h9H,5-8H2,1-4H3. The van der Waals surface area contributed by atoms with Gasteiger partial charge in [0.25, 0.3) is 0 Å². The maximum atomic E-state index is 5.33. The summed E-state index contributed by atoms with van der Waals surface area (Å²) in [5.41, 5.74) is 0.367. The summed E-state index contributed by atoms with van der Waals surface area (Å²) in [7, 11) is 0. The molecule has 0 saturated carbocycles. The van der Waals surface area contributed by atoms with Gasteiger partial charge in [-0.05, 0) is 18.3 Å². The Morgan fingerprint density at radius 2 is 1.91 bits per heavy atom. The van der Waals surface area contributed by atoms with Crippen molar-refractivity contribution in [3.8, 4) is 0 Å². The predicted molar refractivity (Wildman–Crippen MR) is 49.2 cm³/mol. The Balaban J connectivity index is 3.02. The zero-order valence-corrected chi connectivity index (χ0v) is 8.31. The third kappa shape index (κ3) is 9.96. The van der Waals surface area contributed by atoms with Gasteiger partial charge in [0.2, 0.25) is 0 Å². The molecule has 0 aromatic heterocycles. The van der Waals surface area contributed by atoms with Gasteiger partial charge < -0.3 is 4.74 Å². The van der Waals surface area contributed by atoms with Gasteiger partial charge in [-0.2, -0.15) is 0 Å². The number of hydrogen-bond acceptors (Lipinski definition) is 1. The van der Waals surface area contributed by atoms with Crippen LogP contribution in [-0.4, -0.2) is 6.61 Å². The van der Waals surface area contributed by atoms with E-state index in [4.69, 9.17) is 4.74 Å². The van der Waals surface area contributed by atoms with Crippen LogP contribution in [-0.2, 0) is 4.74 Å². The lowest BCUT2D eigenvalue weighted by atomic mass is 9.93. The molecule has 1 nitrogen and oxygen atoms in total. The summed E-state index contributed by atoms with van der Waals surface area (Å²) in [6, 6.07) is 0. The highest BCUT2D eigenvalue weighted by Crippen LogP contribution is 2.19. The Morgan fingerprint density at radius 1 is 1.27 bits per heavy atom. The molecule has 0 rings (SSSR count). The fourth-order valence-electron chi connectivity index (χ4n) is 0.620. The van der Waals surface area contributed by atoms with Gasteiger partial charge >= 0.3 is 0 Å². The van der Waals surface area contributed by atoms with Crippen molar-refractivity contribution in [2.24, 2.45) is 5.41 Å². The number of ether oxygens (including phenoxy) is 1. The molecule has 67 valence electrons. The Hall–Kier alpha value is -0.0400. The van der Waals surface area contributed by atoms with Gasteiger partial charge in [0, 0.05) is 6.61 Å². The van der Waals surface area contributed by atoms with Crippen molar-refractivity contribution in [2.45, 2.75) is 47.0 Å². The molecule has 0 atom stereocenters. The molecule has 0 N–H and O–H groups in total. The summed E-state index contributed by atoms with van der Waals surface area (Å²) >= 11 is 0. The molecule has 0 unspecified atom stereocenters. The summed E-state index contributed by atoms with van der Waals surface area (Å²) in [6.07, 6.45) is 3.42. The van der Waals surface area contributed by atoms with E-state index in [9.17, 15) is 0 Å². The monoisotopic (exact) mass is 157 g/mol. The normalized spacial score (nSPS) is 12.0. The fraction of sp³-hybridized carbons (Fsp3) is 0.900. The molecule has 0 fully saturated rings. The van der Waals surface area contributed by atoms with Gasteiger partial charge in [0.15, 0.2) is 0 Å². The van der Waals surface area contributed by atoms with E-state index in [1.807, 2.05) is 6.61 Å². The minimum Gasteiger partial charge on any atom is -0.376 e. The molecule has 0 amide bonds. The van der Waals surface area contributed by atoms with E-state index >= 15 is 0 Å². The smallest absolute Gasteiger partial charge is 0.0841 e. The average molecular weight is 157 g/mol. The van der Waals surface area contributed by atoms with Crippen LogP contribution in [0, 0.1) is 12.0 Å². The van der Waals surface area contributed by atoms with Gasteiger partial charge in [-0.1, -0.05) is 34.1 Å². The van der Waals surface area contributed by atoms with Gasteiger partial charge in [0.05, 0.1) is 6.61 Å². The molecule has 0 heterocycles. The van der Waals surface area contributed by atoms with E-state index in [1.165, 1.54) is 12.8 Å². The number of hydrogen-bond donors (Lipinski definition) is 0. The van der Waals surface area contributed by atoms with Crippen LogP contribution in [0.3, 0.4) is 0 Å². The second kappa shape index (κ2) is 5.59. The van der Waals surface area contributed by atoms with Crippen molar-refractivity contribution >= 4 is 0 Å². The molecule has 0 spiro atoms. The Bertz CT molecular complexity index is 81.4. The minimum absolute atomic E-state index is 0.367. The van der Waals surface area contributed by atoms with E-state index in [2.05, 4.69) is 27.7 Å². The lowest BCUT2D eigenvalue weighted by molar-refractivity contribution is 0.165. The molecule has 1 heteroatoms. The molecule has 0 aliphatic heterocycles. The molecule has 0 aromatic rings. The zero-order chi connectivity index (χ0) is 8.74. The highest BCUT2D eigenvalue weighted by atomic mass is 16.5. The fourth-order valence-corrected chi connectivity index (χ4v) is 0.620. The second-order valence-corrected chi connectivity index (χ2v) is 4.16. The van der Waals surface area contributed by atoms with Crippen LogP contribution in [0.5, 0.6) is 0 Å². The Morgan fingerprint density at radius 3 is 2.36 bits per heavy atom. The molecule has 0 aliphatic carbocycles. The molecular weight excluding hydrogens is 136 g/mol. The maximum Gasteiger partial charge on any atom is 0.0841 e. The number of unbranched alkanes of at least 4 members (excludes halogenated alkanes) is 1. The summed E-state index contributed by atoms with van der Waals surface area (Å²) in [5.74, 6) is 0. The summed E-state index contributed by atoms with van der Waals surface area (Å²) in [4.78, 5) is 0. The highest BCUT2D eigenvalue weighted by molar-refractivity contribution is 4.66. The largest absolute Gasteiger partial charge is 0.376 e. The van der Waals surface area contributed by atoms with Gasteiger partial charge in [0.1, 0.15) is 0 Å². The summed E-state index contributed by atoms with van der Waals surface area (Å²) in [5, 5.41) is 0. The molecule has 0 aromatic carbocycles. The summed E-state index contributed by atoms with van der Waals surface area (Å²) in [6.45, 7) is 11.6. The molecule has 11 heavy (non-hydrogen) atoms. The van der Waals surface area contributed by atoms with Gasteiger partial charge in [-0.25, -0.2) is 0 Å². The van der Waals surface area contributed by atoms with E-state index in [0.29, 0.717) is 5.41 Å². The first-order valence-corrected chi connectivity index (χ1v) is 4.49. The average Bonchev–Trinajstić information content (AvgIpc) is 1.85. The second-order valence-electron chi connectivity index (χ2n) is 4.16. The third-order valence-corrected chi connectivity index (χ3v) is 1.43. The van der Waals surface area contributed by atoms with E-state index in [1.54, 1.807) is 0 Å². The maximum absolute atomic E-state index is 5.33. The first-order valence-electron chi connectivity index (χ1n) is 4.49. The van der Waals surface area contributed by atoms with Crippen molar-refractivity contribution < 1.29 is 4.74 Å². The first kappa shape index (κ1) is 11.0. The van der Waals surface area contributed by atoms with Gasteiger partial charge in [-0.15, -0.1) is 0 Å². The van der Waals surface area contributed by atoms with Crippen LogP contribution in [0.25, 0.3) is 0 Å². The predicted octanol–water partition coefficient (Wildman–Crippen LogP) is 3.40. The van der Waals surface area contributed by atoms with Crippen LogP contribution >= 0.6 is 0 Å². The van der Waals surface area contributed by atoms with Crippen molar-refractivity contribution in [3.63, 3.8) is 0 Å². The molecule has 0 aliphatic rings. The lowest BCUT2D eigenvalue weighted by Crippen LogP contribution is -2.06. The van der Waals surface area contributed by atoms with E-state index in [0.717, 1.165) is 13.0 Å². The van der Waals surface area contributed by atoms with Crippen molar-refractivity contribution in [3.05, 3.63) is 6.61 Å². The van der Waals surface area contributed by atoms with Crippen molar-refractivity contribution in [2.75, 3.05) is 6.61 Å². The van der Waals surface area contributed by atoms with Crippen LogP contribution in [0.4, 0.5) is 0 Å². The molecule has 1 radical (unpaired) electrons. The quantitative estimate of drug-likeness (QED) is 0.556. The molecule has 0 saturated heterocycles. The number of rotatable bonds is 5. The zero-order valence-electron chi connectivity index (χ0n) is 8.31. The highest BCUT2D eigenvalue weighted by Gasteiger charge is 2.09. The van der Waals surface area contributed by atoms with E-state index in [-0.39, 0.29) is 0 Å². The first-order chi connectivity index (χ1) is 5.06. The van der Waals surface area contributed by atoms with Crippen LogP contribution in [0.1, 0.15) is 47.0 Å². The lowest BCUT2D eigenvalue weighted by Gasteiger charge is -2.16. The Labute approximate surface area is 71.1 Å². The van der Waals surface area contributed by atoms with E-state index < -0.39 is 0 Å². The van der Waals surface area contributed by atoms with Crippen LogP contribution in [0.15, 0.2) is 0 Å². The SMILES string of the molecule is CCCCO[CH]CC(C)(C)C. The van der Waals surface area contributed by atoms with Crippen LogP contribution in [0.2, 0.25) is 0 Å². The van der Waals surface area contributed by atoms with Crippen LogP contribution < -0.4 is 0 Å². The third-order valence-electron chi connectivity index (χ3n) is 1.43. The molecular formula is C10H21O. The minimum atomic E-state index is 0.367. The van der Waals surface area contributed by atoms with Crippen molar-refractivity contribution in [1.82, 2.24) is 0 Å². The Kier molecular flexibility index (Phi) is 5.57. The van der Waals surface area contributed by atoms with Gasteiger partial charge in [-0.3, -0.25) is 0 Å². The topological polar surface area (TPSA) is 9.23 Å². The molecule has 0 bridgehead atoms. The summed E-state index contributed by atoms with van der Waals surface area (Å²) < 4.78 is 5.33.